The largest absolute Gasteiger partial charge is 0.454 e. The van der Waals surface area contributed by atoms with Crippen molar-refractivity contribution in [3.8, 4) is 22.8 Å². The second kappa shape index (κ2) is 7.47. The van der Waals surface area contributed by atoms with Crippen LogP contribution in [0, 0.1) is 0 Å². The highest BCUT2D eigenvalue weighted by Crippen LogP contribution is 2.35. The average molecular weight is 392 g/mol. The molecule has 0 unspecified atom stereocenters. The molecule has 1 aliphatic heterocycles. The number of benzene rings is 2. The fourth-order valence-corrected chi connectivity index (χ4v) is 2.83. The lowest BCUT2D eigenvalue weighted by Crippen LogP contribution is -2.29. The van der Waals surface area contributed by atoms with Crippen molar-refractivity contribution >= 4 is 17.5 Å². The number of hydrogen-bond donors (Lipinski definition) is 2. The summed E-state index contributed by atoms with van der Waals surface area (Å²) in [4.78, 5) is 35.5. The van der Waals surface area contributed by atoms with E-state index in [0.29, 0.717) is 28.4 Å². The van der Waals surface area contributed by atoms with Crippen LogP contribution in [0.5, 0.6) is 11.5 Å². The quantitative estimate of drug-likeness (QED) is 0.676. The van der Waals surface area contributed by atoms with Crippen LogP contribution in [0.25, 0.3) is 11.3 Å². The number of ether oxygens (including phenoxy) is 2. The van der Waals surface area contributed by atoms with Crippen LogP contribution in [-0.4, -0.2) is 28.4 Å². The first-order valence-corrected chi connectivity index (χ1v) is 8.67. The van der Waals surface area contributed by atoms with Gasteiger partial charge in [-0.1, -0.05) is 0 Å². The Kier molecular flexibility index (Phi) is 4.70. The molecule has 29 heavy (non-hydrogen) atoms. The van der Waals surface area contributed by atoms with Crippen LogP contribution >= 0.6 is 0 Å². The third kappa shape index (κ3) is 3.93. The third-order valence-electron chi connectivity index (χ3n) is 4.28. The summed E-state index contributed by atoms with van der Waals surface area (Å²) in [5, 5.41) is 6.92. The zero-order chi connectivity index (χ0) is 20.4. The Bertz CT molecular complexity index is 1150. The van der Waals surface area contributed by atoms with Crippen LogP contribution in [0.4, 0.5) is 5.69 Å². The smallest absolute Gasteiger partial charge is 0.267 e. The molecule has 2 heterocycles. The predicted molar refractivity (Wildman–Crippen MR) is 104 cm³/mol. The Morgan fingerprint density at radius 3 is 2.55 bits per heavy atom. The number of nitrogens with one attached hydrogen (secondary N) is 1. The van der Waals surface area contributed by atoms with Gasteiger partial charge in [-0.05, 0) is 48.5 Å². The number of rotatable bonds is 5. The third-order valence-corrected chi connectivity index (χ3v) is 4.28. The lowest BCUT2D eigenvalue weighted by molar-refractivity contribution is -0.117. The summed E-state index contributed by atoms with van der Waals surface area (Å²) in [5.74, 6) is 0.247. The van der Waals surface area contributed by atoms with Crippen molar-refractivity contribution < 1.29 is 19.1 Å². The molecule has 2 aromatic carbocycles. The molecule has 146 valence electrons. The number of hydrogen-bond acceptors (Lipinski definition) is 6. The molecule has 3 N–H and O–H groups in total. The van der Waals surface area contributed by atoms with Crippen LogP contribution in [0.2, 0.25) is 0 Å². The van der Waals surface area contributed by atoms with Gasteiger partial charge in [0.25, 0.3) is 5.56 Å². The maximum Gasteiger partial charge on any atom is 0.267 e. The summed E-state index contributed by atoms with van der Waals surface area (Å²) in [5.41, 5.74) is 6.83. The summed E-state index contributed by atoms with van der Waals surface area (Å²) >= 11 is 0. The second-order valence-corrected chi connectivity index (χ2v) is 6.27. The molecule has 1 aromatic heterocycles. The van der Waals surface area contributed by atoms with Gasteiger partial charge >= 0.3 is 0 Å². The number of nitrogens with zero attached hydrogens (tertiary/aromatic N) is 2. The molecule has 9 nitrogen and oxygen atoms in total. The molecule has 0 saturated carbocycles. The van der Waals surface area contributed by atoms with Gasteiger partial charge in [-0.15, -0.1) is 0 Å². The van der Waals surface area contributed by atoms with E-state index in [-0.39, 0.29) is 13.3 Å². The molecule has 0 atom stereocenters. The van der Waals surface area contributed by atoms with Gasteiger partial charge in [0.2, 0.25) is 18.6 Å². The molecule has 0 fully saturated rings. The number of carbonyl (C=O) groups is 2. The first-order chi connectivity index (χ1) is 14.0. The van der Waals surface area contributed by atoms with Gasteiger partial charge in [-0.25, -0.2) is 4.68 Å². The standard InChI is InChI=1S/C20H16N4O5/c21-20(27)12-1-4-14(5-2-12)22-18(25)10-24-19(26)8-6-15(23-24)13-3-7-16-17(9-13)29-11-28-16/h1-9H,10-11H2,(H2,21,27)(H,22,25). The monoisotopic (exact) mass is 392 g/mol. The fraction of sp³-hybridized carbons (Fsp3) is 0.100. The van der Waals surface area contributed by atoms with E-state index in [4.69, 9.17) is 15.2 Å². The van der Waals surface area contributed by atoms with Crippen molar-refractivity contribution in [2.75, 3.05) is 12.1 Å². The Hall–Kier alpha value is -4.14. The number of carbonyl (C=O) groups excluding carboxylic acids is 2. The van der Waals surface area contributed by atoms with Gasteiger partial charge in [0.15, 0.2) is 11.5 Å². The predicted octanol–water partition coefficient (Wildman–Crippen LogP) is 1.38. The van der Waals surface area contributed by atoms with Gasteiger partial charge in [0, 0.05) is 22.9 Å². The molecule has 0 bridgehead atoms. The topological polar surface area (TPSA) is 126 Å². The van der Waals surface area contributed by atoms with E-state index in [0.717, 1.165) is 10.2 Å². The Morgan fingerprint density at radius 1 is 1.03 bits per heavy atom. The Morgan fingerprint density at radius 2 is 1.79 bits per heavy atom. The molecule has 3 aromatic rings. The minimum Gasteiger partial charge on any atom is -0.454 e. The molecular weight excluding hydrogens is 376 g/mol. The van der Waals surface area contributed by atoms with E-state index in [9.17, 15) is 14.4 Å². The highest BCUT2D eigenvalue weighted by atomic mass is 16.7. The maximum absolute atomic E-state index is 12.3. The SMILES string of the molecule is NC(=O)c1ccc(NC(=O)Cn2nc(-c3ccc4c(c3)OCO4)ccc2=O)cc1. The zero-order valence-electron chi connectivity index (χ0n) is 15.1. The molecule has 2 amide bonds. The summed E-state index contributed by atoms with van der Waals surface area (Å²) in [6.45, 7) is -0.110. The van der Waals surface area contributed by atoms with E-state index < -0.39 is 17.4 Å². The van der Waals surface area contributed by atoms with Crippen LogP contribution in [0.1, 0.15) is 10.4 Å². The van der Waals surface area contributed by atoms with E-state index in [1.165, 1.54) is 18.2 Å². The molecule has 0 aliphatic carbocycles. The number of anilines is 1. The van der Waals surface area contributed by atoms with Crippen LogP contribution in [0.15, 0.2) is 59.4 Å². The minimum atomic E-state index is -0.557. The summed E-state index contributed by atoms with van der Waals surface area (Å²) < 4.78 is 11.7. The molecule has 4 rings (SSSR count). The number of primary amides is 1. The molecule has 1 aliphatic rings. The van der Waals surface area contributed by atoms with Gasteiger partial charge in [-0.3, -0.25) is 14.4 Å². The first kappa shape index (κ1) is 18.2. The molecule has 0 saturated heterocycles. The van der Waals surface area contributed by atoms with Crippen molar-refractivity contribution in [3.05, 3.63) is 70.5 Å². The second-order valence-electron chi connectivity index (χ2n) is 6.27. The van der Waals surface area contributed by atoms with Crippen molar-refractivity contribution in [2.24, 2.45) is 5.73 Å². The molecule has 0 radical (unpaired) electrons. The van der Waals surface area contributed by atoms with Crippen molar-refractivity contribution in [2.45, 2.75) is 6.54 Å². The number of fused-ring (bicyclic) bond motifs is 1. The fourth-order valence-electron chi connectivity index (χ4n) is 2.83. The summed E-state index contributed by atoms with van der Waals surface area (Å²) in [6.07, 6.45) is 0. The van der Waals surface area contributed by atoms with Gasteiger partial charge < -0.3 is 20.5 Å². The first-order valence-electron chi connectivity index (χ1n) is 8.67. The Balaban J connectivity index is 1.51. The van der Waals surface area contributed by atoms with Gasteiger partial charge in [-0.2, -0.15) is 5.10 Å². The van der Waals surface area contributed by atoms with Gasteiger partial charge in [0.05, 0.1) is 5.69 Å². The zero-order valence-corrected chi connectivity index (χ0v) is 15.1. The summed E-state index contributed by atoms with van der Waals surface area (Å²) in [6, 6.07) is 14.4. The average Bonchev–Trinajstić information content (AvgIpc) is 3.18. The maximum atomic E-state index is 12.3. The van der Waals surface area contributed by atoms with E-state index in [2.05, 4.69) is 10.4 Å². The summed E-state index contributed by atoms with van der Waals surface area (Å²) in [7, 11) is 0. The highest BCUT2D eigenvalue weighted by Gasteiger charge is 2.15. The van der Waals surface area contributed by atoms with Crippen molar-refractivity contribution in [1.29, 1.82) is 0 Å². The highest BCUT2D eigenvalue weighted by molar-refractivity contribution is 5.94. The van der Waals surface area contributed by atoms with Crippen molar-refractivity contribution in [1.82, 2.24) is 9.78 Å². The molecule has 9 heteroatoms. The van der Waals surface area contributed by atoms with Crippen LogP contribution in [-0.2, 0) is 11.3 Å². The van der Waals surface area contributed by atoms with Crippen LogP contribution < -0.4 is 26.1 Å². The minimum absolute atomic E-state index is 0.159. The normalized spacial score (nSPS) is 11.9. The lowest BCUT2D eigenvalue weighted by atomic mass is 10.1. The van der Waals surface area contributed by atoms with Crippen molar-refractivity contribution in [3.63, 3.8) is 0 Å². The number of aromatic nitrogens is 2. The Labute approximate surface area is 164 Å². The number of nitrogens with two attached hydrogens (primary N) is 1. The van der Waals surface area contributed by atoms with E-state index >= 15 is 0 Å². The number of amides is 2. The molecule has 0 spiro atoms. The molecular formula is C20H16N4O5. The van der Waals surface area contributed by atoms with Gasteiger partial charge in [0.1, 0.15) is 6.54 Å². The lowest BCUT2D eigenvalue weighted by Gasteiger charge is -2.09. The van der Waals surface area contributed by atoms with E-state index in [1.54, 1.807) is 36.4 Å². The van der Waals surface area contributed by atoms with E-state index in [1.807, 2.05) is 0 Å². The van der Waals surface area contributed by atoms with Crippen LogP contribution in [0.3, 0.4) is 0 Å².